The number of hydrogen-bond acceptors (Lipinski definition) is 4. The summed E-state index contributed by atoms with van der Waals surface area (Å²) in [4.78, 5) is 2.44. The van der Waals surface area contributed by atoms with Crippen LogP contribution in [0, 0.1) is 0 Å². The molecule has 4 rings (SSSR count). The second kappa shape index (κ2) is 6.61. The van der Waals surface area contributed by atoms with Gasteiger partial charge in [0.25, 0.3) is 0 Å². The molecule has 0 atom stereocenters. The number of methoxy groups -OCH3 is 1. The van der Waals surface area contributed by atoms with Gasteiger partial charge < -0.3 is 9.84 Å². The molecule has 0 bridgehead atoms. The quantitative estimate of drug-likeness (QED) is 0.767. The van der Waals surface area contributed by atoms with E-state index in [1.807, 2.05) is 18.2 Å². The van der Waals surface area contributed by atoms with E-state index in [0.717, 1.165) is 37.3 Å². The summed E-state index contributed by atoms with van der Waals surface area (Å²) in [5, 5.41) is 17.5. The molecule has 0 saturated carbocycles. The number of aromatic amines is 1. The van der Waals surface area contributed by atoms with Crippen LogP contribution in [0.2, 0.25) is 0 Å². The maximum atomic E-state index is 9.82. The van der Waals surface area contributed by atoms with E-state index in [1.165, 1.54) is 16.8 Å². The van der Waals surface area contributed by atoms with Crippen molar-refractivity contribution in [1.29, 1.82) is 0 Å². The summed E-state index contributed by atoms with van der Waals surface area (Å²) in [5.41, 5.74) is 5.64. The Morgan fingerprint density at radius 3 is 2.84 bits per heavy atom. The number of H-pyrrole nitrogens is 1. The first-order chi connectivity index (χ1) is 12.2. The Bertz CT molecular complexity index is 874. The van der Waals surface area contributed by atoms with Crippen LogP contribution < -0.4 is 4.74 Å². The van der Waals surface area contributed by atoms with Gasteiger partial charge in [0.2, 0.25) is 0 Å². The van der Waals surface area contributed by atoms with Gasteiger partial charge in [-0.2, -0.15) is 5.10 Å². The number of aromatic nitrogens is 2. The Kier molecular flexibility index (Phi) is 4.15. The molecule has 0 aliphatic carbocycles. The normalized spacial score (nSPS) is 14.3. The summed E-state index contributed by atoms with van der Waals surface area (Å²) in [6.45, 7) is 2.81. The van der Waals surface area contributed by atoms with Gasteiger partial charge in [0.15, 0.2) is 11.5 Å². The van der Waals surface area contributed by atoms with Crippen molar-refractivity contribution < 1.29 is 9.84 Å². The van der Waals surface area contributed by atoms with E-state index >= 15 is 0 Å². The van der Waals surface area contributed by atoms with E-state index in [-0.39, 0.29) is 5.75 Å². The molecule has 5 nitrogen and oxygen atoms in total. The Hall–Kier alpha value is -2.79. The highest BCUT2D eigenvalue weighted by Gasteiger charge is 2.23. The summed E-state index contributed by atoms with van der Waals surface area (Å²) in [7, 11) is 1.56. The SMILES string of the molecule is COc1cc(-c2n[nH]c3c2CN(Cc2ccccc2)CC3)ccc1O. The van der Waals surface area contributed by atoms with Gasteiger partial charge in [0, 0.05) is 42.9 Å². The number of phenols is 1. The van der Waals surface area contributed by atoms with E-state index in [2.05, 4.69) is 39.4 Å². The molecule has 3 aromatic rings. The molecular formula is C20H21N3O2. The van der Waals surface area contributed by atoms with Gasteiger partial charge in [-0.3, -0.25) is 10.00 Å². The monoisotopic (exact) mass is 335 g/mol. The smallest absolute Gasteiger partial charge is 0.161 e. The van der Waals surface area contributed by atoms with Crippen molar-refractivity contribution in [3.8, 4) is 22.8 Å². The topological polar surface area (TPSA) is 61.4 Å². The highest BCUT2D eigenvalue weighted by Crippen LogP contribution is 2.34. The van der Waals surface area contributed by atoms with Crippen LogP contribution in [0.15, 0.2) is 48.5 Å². The van der Waals surface area contributed by atoms with Crippen LogP contribution >= 0.6 is 0 Å². The van der Waals surface area contributed by atoms with E-state index in [1.54, 1.807) is 13.2 Å². The Morgan fingerprint density at radius 2 is 2.04 bits per heavy atom. The Morgan fingerprint density at radius 1 is 1.20 bits per heavy atom. The summed E-state index contributed by atoms with van der Waals surface area (Å²) < 4.78 is 5.23. The van der Waals surface area contributed by atoms with E-state index in [0.29, 0.717) is 5.75 Å². The summed E-state index contributed by atoms with van der Waals surface area (Å²) in [6.07, 6.45) is 0.963. The molecule has 2 heterocycles. The third-order valence-electron chi connectivity index (χ3n) is 4.71. The van der Waals surface area contributed by atoms with Crippen molar-refractivity contribution in [3.05, 3.63) is 65.4 Å². The molecule has 128 valence electrons. The average molecular weight is 335 g/mol. The Balaban J connectivity index is 1.61. The minimum Gasteiger partial charge on any atom is -0.504 e. The average Bonchev–Trinajstić information content (AvgIpc) is 3.06. The van der Waals surface area contributed by atoms with Crippen molar-refractivity contribution in [1.82, 2.24) is 15.1 Å². The fourth-order valence-corrected chi connectivity index (χ4v) is 3.39. The molecule has 2 aromatic carbocycles. The van der Waals surface area contributed by atoms with Crippen molar-refractivity contribution >= 4 is 0 Å². The molecule has 0 spiro atoms. The second-order valence-corrected chi connectivity index (χ2v) is 6.36. The molecule has 25 heavy (non-hydrogen) atoms. The van der Waals surface area contributed by atoms with E-state index in [4.69, 9.17) is 4.74 Å². The number of nitrogens with zero attached hydrogens (tertiary/aromatic N) is 2. The van der Waals surface area contributed by atoms with Crippen LogP contribution in [-0.2, 0) is 19.5 Å². The van der Waals surface area contributed by atoms with E-state index in [9.17, 15) is 5.11 Å². The van der Waals surface area contributed by atoms with E-state index < -0.39 is 0 Å². The van der Waals surface area contributed by atoms with Crippen molar-refractivity contribution in [3.63, 3.8) is 0 Å². The lowest BCUT2D eigenvalue weighted by atomic mass is 10.00. The van der Waals surface area contributed by atoms with Crippen LogP contribution in [0.5, 0.6) is 11.5 Å². The van der Waals surface area contributed by atoms with Gasteiger partial charge in [0.1, 0.15) is 0 Å². The molecule has 1 aromatic heterocycles. The first-order valence-corrected chi connectivity index (χ1v) is 8.44. The van der Waals surface area contributed by atoms with Crippen LogP contribution in [0.1, 0.15) is 16.8 Å². The molecule has 0 radical (unpaired) electrons. The van der Waals surface area contributed by atoms with Crippen LogP contribution in [0.3, 0.4) is 0 Å². The summed E-state index contributed by atoms with van der Waals surface area (Å²) in [5.74, 6) is 0.604. The molecule has 1 aliphatic heterocycles. The largest absolute Gasteiger partial charge is 0.504 e. The number of nitrogens with one attached hydrogen (secondary N) is 1. The molecule has 0 saturated heterocycles. The zero-order valence-electron chi connectivity index (χ0n) is 14.2. The second-order valence-electron chi connectivity index (χ2n) is 6.36. The van der Waals surface area contributed by atoms with Crippen molar-refractivity contribution in [2.45, 2.75) is 19.5 Å². The molecule has 1 aliphatic rings. The van der Waals surface area contributed by atoms with Gasteiger partial charge in [-0.1, -0.05) is 30.3 Å². The van der Waals surface area contributed by atoms with Gasteiger partial charge in [-0.25, -0.2) is 0 Å². The number of aromatic hydroxyl groups is 1. The lowest BCUT2D eigenvalue weighted by Crippen LogP contribution is -2.29. The first-order valence-electron chi connectivity index (χ1n) is 8.44. The first kappa shape index (κ1) is 15.7. The summed E-state index contributed by atoms with van der Waals surface area (Å²) >= 11 is 0. The van der Waals surface area contributed by atoms with Crippen LogP contribution in [-0.4, -0.2) is 33.9 Å². The lowest BCUT2D eigenvalue weighted by molar-refractivity contribution is 0.245. The minimum absolute atomic E-state index is 0.140. The fourth-order valence-electron chi connectivity index (χ4n) is 3.39. The van der Waals surface area contributed by atoms with Gasteiger partial charge >= 0.3 is 0 Å². The molecule has 5 heteroatoms. The van der Waals surface area contributed by atoms with Gasteiger partial charge in [-0.15, -0.1) is 0 Å². The number of rotatable bonds is 4. The molecule has 0 fully saturated rings. The third-order valence-corrected chi connectivity index (χ3v) is 4.71. The maximum absolute atomic E-state index is 9.82. The minimum atomic E-state index is 0.140. The van der Waals surface area contributed by atoms with Gasteiger partial charge in [0.05, 0.1) is 12.8 Å². The number of hydrogen-bond donors (Lipinski definition) is 2. The number of ether oxygens (including phenoxy) is 1. The zero-order chi connectivity index (χ0) is 17.2. The zero-order valence-corrected chi connectivity index (χ0v) is 14.2. The molecule has 0 unspecified atom stereocenters. The summed E-state index contributed by atoms with van der Waals surface area (Å²) in [6, 6.07) is 15.9. The number of phenolic OH excluding ortho intramolecular Hbond substituents is 1. The predicted molar refractivity (Wildman–Crippen MR) is 96.5 cm³/mol. The predicted octanol–water partition coefficient (Wildman–Crippen LogP) is 3.35. The Labute approximate surface area is 146 Å². The van der Waals surface area contributed by atoms with Crippen molar-refractivity contribution in [2.75, 3.05) is 13.7 Å². The molecule has 0 amide bonds. The number of fused-ring (bicyclic) bond motifs is 1. The van der Waals surface area contributed by atoms with Crippen LogP contribution in [0.4, 0.5) is 0 Å². The third kappa shape index (κ3) is 3.10. The fraction of sp³-hybridized carbons (Fsp3) is 0.250. The molecule has 2 N–H and O–H groups in total. The maximum Gasteiger partial charge on any atom is 0.161 e. The van der Waals surface area contributed by atoms with Crippen LogP contribution in [0.25, 0.3) is 11.3 Å². The highest BCUT2D eigenvalue weighted by molar-refractivity contribution is 5.67. The number of benzene rings is 2. The standard InChI is InChI=1S/C20H21N3O2/c1-25-19-11-15(7-8-18(19)24)20-16-13-23(10-9-17(16)21-22-20)12-14-5-3-2-4-6-14/h2-8,11,24H,9-10,12-13H2,1H3,(H,21,22). The van der Waals surface area contributed by atoms with Crippen molar-refractivity contribution in [2.24, 2.45) is 0 Å². The molecular weight excluding hydrogens is 314 g/mol. The van der Waals surface area contributed by atoms with Gasteiger partial charge in [-0.05, 0) is 23.8 Å². The highest BCUT2D eigenvalue weighted by atomic mass is 16.5. The lowest BCUT2D eigenvalue weighted by Gasteiger charge is -2.27.